The fourth-order valence-electron chi connectivity index (χ4n) is 2.69. The molecule has 0 atom stereocenters. The molecule has 22 heavy (non-hydrogen) atoms. The van der Waals surface area contributed by atoms with E-state index in [1.165, 1.54) is 10.5 Å². The molecule has 1 saturated carbocycles. The molecule has 3 N–H and O–H groups in total. The van der Waals surface area contributed by atoms with Crippen molar-refractivity contribution >= 4 is 6.03 Å². The summed E-state index contributed by atoms with van der Waals surface area (Å²) in [7, 11) is 1.68. The number of urea groups is 1. The molecule has 2 amide bonds. The molecule has 1 aliphatic carbocycles. The first-order chi connectivity index (χ1) is 10.6. The van der Waals surface area contributed by atoms with Crippen LogP contribution in [0.4, 0.5) is 4.79 Å². The molecule has 116 valence electrons. The Morgan fingerprint density at radius 2 is 2.09 bits per heavy atom. The lowest BCUT2D eigenvalue weighted by Gasteiger charge is -2.37. The lowest BCUT2D eigenvalue weighted by atomic mass is 9.76. The van der Waals surface area contributed by atoms with E-state index < -0.39 is 0 Å². The van der Waals surface area contributed by atoms with Crippen LogP contribution in [-0.4, -0.2) is 39.2 Å². The number of aromatic nitrogens is 3. The van der Waals surface area contributed by atoms with Crippen molar-refractivity contribution in [3.63, 3.8) is 0 Å². The van der Waals surface area contributed by atoms with E-state index in [2.05, 4.69) is 32.6 Å². The molecule has 7 nitrogen and oxygen atoms in total. The van der Waals surface area contributed by atoms with Crippen LogP contribution in [0.1, 0.15) is 30.1 Å². The smallest absolute Gasteiger partial charge is 0.335 e. The fourth-order valence-corrected chi connectivity index (χ4v) is 2.69. The first-order valence-corrected chi connectivity index (χ1v) is 7.32. The van der Waals surface area contributed by atoms with Crippen LogP contribution in [0.2, 0.25) is 0 Å². The first kappa shape index (κ1) is 14.4. The van der Waals surface area contributed by atoms with Crippen molar-refractivity contribution in [1.82, 2.24) is 25.4 Å². The van der Waals surface area contributed by atoms with Gasteiger partial charge < -0.3 is 10.2 Å². The summed E-state index contributed by atoms with van der Waals surface area (Å²) in [6, 6.07) is 10.4. The van der Waals surface area contributed by atoms with E-state index in [-0.39, 0.29) is 24.3 Å². The molecule has 1 fully saturated rings. The van der Waals surface area contributed by atoms with Gasteiger partial charge in [-0.05, 0) is 24.3 Å². The normalized spacial score (nSPS) is 20.2. The number of nitrogens with zero attached hydrogens (tertiary/aromatic N) is 2. The number of hydrogen-bond donors (Lipinski definition) is 3. The van der Waals surface area contributed by atoms with Crippen LogP contribution in [0.15, 0.2) is 35.1 Å². The fraction of sp³-hybridized carbons (Fsp3) is 0.400. The summed E-state index contributed by atoms with van der Waals surface area (Å²) < 4.78 is 0. The van der Waals surface area contributed by atoms with E-state index in [0.717, 1.165) is 12.8 Å². The summed E-state index contributed by atoms with van der Waals surface area (Å²) in [5.41, 5.74) is 0.962. The average Bonchev–Trinajstić information content (AvgIpc) is 2.88. The Balaban J connectivity index is 1.46. The number of aromatic amines is 2. The summed E-state index contributed by atoms with van der Waals surface area (Å²) in [5.74, 6) is 0.970. The van der Waals surface area contributed by atoms with Gasteiger partial charge in [0.05, 0.1) is 6.54 Å². The quantitative estimate of drug-likeness (QED) is 0.791. The zero-order valence-electron chi connectivity index (χ0n) is 12.4. The number of rotatable bonds is 4. The summed E-state index contributed by atoms with van der Waals surface area (Å²) in [6.45, 7) is 0.263. The molecule has 1 aromatic heterocycles. The molecule has 0 saturated heterocycles. The van der Waals surface area contributed by atoms with Crippen LogP contribution in [0, 0.1) is 0 Å². The lowest BCUT2D eigenvalue weighted by molar-refractivity contribution is 0.189. The van der Waals surface area contributed by atoms with Crippen LogP contribution < -0.4 is 11.0 Å². The monoisotopic (exact) mass is 301 g/mol. The predicted molar refractivity (Wildman–Crippen MR) is 81.4 cm³/mol. The summed E-state index contributed by atoms with van der Waals surface area (Å²) in [6.07, 6.45) is 1.92. The SMILES string of the molecule is CN(Cc1n[nH]c(=O)[nH]1)C(=O)NC1CC(c2ccccc2)C1. The van der Waals surface area contributed by atoms with Gasteiger partial charge in [-0.1, -0.05) is 30.3 Å². The molecule has 1 heterocycles. The molecule has 2 aromatic rings. The van der Waals surface area contributed by atoms with Crippen molar-refractivity contribution in [3.05, 3.63) is 52.2 Å². The standard InChI is InChI=1S/C15H19N5O2/c1-20(9-13-17-14(21)19-18-13)15(22)16-12-7-11(8-12)10-5-3-2-4-6-10/h2-6,11-12H,7-9H2,1H3,(H,16,22)(H2,17,18,19,21). The molecule has 3 rings (SSSR count). The van der Waals surface area contributed by atoms with Gasteiger partial charge in [0.25, 0.3) is 0 Å². The van der Waals surface area contributed by atoms with Crippen LogP contribution in [-0.2, 0) is 6.54 Å². The van der Waals surface area contributed by atoms with Crippen molar-refractivity contribution in [1.29, 1.82) is 0 Å². The Kier molecular flexibility index (Phi) is 3.95. The van der Waals surface area contributed by atoms with Crippen molar-refractivity contribution in [2.24, 2.45) is 0 Å². The number of carbonyl (C=O) groups is 1. The maximum Gasteiger partial charge on any atom is 0.340 e. The number of amides is 2. The highest BCUT2D eigenvalue weighted by atomic mass is 16.2. The van der Waals surface area contributed by atoms with E-state index in [1.807, 2.05) is 18.2 Å². The second-order valence-corrected chi connectivity index (χ2v) is 5.71. The summed E-state index contributed by atoms with van der Waals surface area (Å²) in [4.78, 5) is 27.1. The molecule has 0 spiro atoms. The van der Waals surface area contributed by atoms with Crippen molar-refractivity contribution < 1.29 is 4.79 Å². The number of benzene rings is 1. The Morgan fingerprint density at radius 3 is 2.73 bits per heavy atom. The average molecular weight is 301 g/mol. The molecule has 7 heteroatoms. The minimum Gasteiger partial charge on any atom is -0.335 e. The van der Waals surface area contributed by atoms with E-state index in [9.17, 15) is 9.59 Å². The van der Waals surface area contributed by atoms with Crippen molar-refractivity contribution in [2.75, 3.05) is 7.05 Å². The number of hydrogen-bond acceptors (Lipinski definition) is 3. The zero-order chi connectivity index (χ0) is 15.5. The Hall–Kier alpha value is -2.57. The number of nitrogens with one attached hydrogen (secondary N) is 3. The Morgan fingerprint density at radius 1 is 1.36 bits per heavy atom. The lowest BCUT2D eigenvalue weighted by Crippen LogP contribution is -2.48. The molecule has 1 aliphatic rings. The van der Waals surface area contributed by atoms with Gasteiger partial charge in [0.15, 0.2) is 5.82 Å². The van der Waals surface area contributed by atoms with Crippen molar-refractivity contribution in [2.45, 2.75) is 31.3 Å². The van der Waals surface area contributed by atoms with Crippen molar-refractivity contribution in [3.8, 4) is 0 Å². The Bertz CT molecular complexity index is 687. The summed E-state index contributed by atoms with van der Waals surface area (Å²) in [5, 5.41) is 9.07. The third-order valence-corrected chi connectivity index (χ3v) is 4.02. The van der Waals surface area contributed by atoms with Gasteiger partial charge in [-0.15, -0.1) is 0 Å². The van der Waals surface area contributed by atoms with Crippen LogP contribution in [0.25, 0.3) is 0 Å². The van der Waals surface area contributed by atoms with Crippen LogP contribution >= 0.6 is 0 Å². The Labute approximate surface area is 127 Å². The second kappa shape index (κ2) is 6.05. The zero-order valence-corrected chi connectivity index (χ0v) is 12.4. The maximum atomic E-state index is 12.1. The van der Waals surface area contributed by atoms with Gasteiger partial charge in [0, 0.05) is 13.1 Å². The van der Waals surface area contributed by atoms with Gasteiger partial charge in [-0.25, -0.2) is 14.7 Å². The second-order valence-electron chi connectivity index (χ2n) is 5.71. The maximum absolute atomic E-state index is 12.1. The number of carbonyl (C=O) groups excluding carboxylic acids is 1. The van der Waals surface area contributed by atoms with E-state index in [0.29, 0.717) is 11.7 Å². The third kappa shape index (κ3) is 3.19. The minimum absolute atomic E-state index is 0.152. The van der Waals surface area contributed by atoms with Gasteiger partial charge >= 0.3 is 11.7 Å². The molecule has 0 unspecified atom stereocenters. The third-order valence-electron chi connectivity index (χ3n) is 4.02. The van der Waals surface area contributed by atoms with Gasteiger partial charge in [-0.3, -0.25) is 4.98 Å². The molecule has 1 aromatic carbocycles. The molecular weight excluding hydrogens is 282 g/mol. The van der Waals surface area contributed by atoms with Gasteiger partial charge in [0.1, 0.15) is 0 Å². The van der Waals surface area contributed by atoms with E-state index in [1.54, 1.807) is 7.05 Å². The highest BCUT2D eigenvalue weighted by Crippen LogP contribution is 2.36. The summed E-state index contributed by atoms with van der Waals surface area (Å²) >= 11 is 0. The highest BCUT2D eigenvalue weighted by Gasteiger charge is 2.31. The highest BCUT2D eigenvalue weighted by molar-refractivity contribution is 5.74. The van der Waals surface area contributed by atoms with Crippen LogP contribution in [0.5, 0.6) is 0 Å². The largest absolute Gasteiger partial charge is 0.340 e. The first-order valence-electron chi connectivity index (χ1n) is 7.32. The topological polar surface area (TPSA) is 93.9 Å². The van der Waals surface area contributed by atoms with Gasteiger partial charge in [-0.2, -0.15) is 5.10 Å². The molecule has 0 aliphatic heterocycles. The predicted octanol–water partition coefficient (Wildman–Crippen LogP) is 1.19. The van der Waals surface area contributed by atoms with Gasteiger partial charge in [0.2, 0.25) is 0 Å². The minimum atomic E-state index is -0.367. The van der Waals surface area contributed by atoms with Crippen LogP contribution in [0.3, 0.4) is 0 Å². The molecule has 0 radical (unpaired) electrons. The van der Waals surface area contributed by atoms with E-state index >= 15 is 0 Å². The van der Waals surface area contributed by atoms with E-state index in [4.69, 9.17) is 0 Å². The number of H-pyrrole nitrogens is 2. The molecular formula is C15H19N5O2. The molecule has 0 bridgehead atoms.